The number of nitrogens with zero attached hydrogens (tertiary/aromatic N) is 1. The van der Waals surface area contributed by atoms with E-state index >= 15 is 0 Å². The number of H-pyrrole nitrogens is 1. The molecule has 2 unspecified atom stereocenters. The molecule has 0 saturated heterocycles. The Hall–Kier alpha value is -1.61. The summed E-state index contributed by atoms with van der Waals surface area (Å²) in [6.07, 6.45) is 7.13. The van der Waals surface area contributed by atoms with Crippen molar-refractivity contribution < 1.29 is 0 Å². The number of fused-ring (bicyclic) bond motifs is 1. The quantitative estimate of drug-likeness (QED) is 0.863. The molecule has 0 aliphatic heterocycles. The highest BCUT2D eigenvalue weighted by atomic mass is 15.0. The second-order valence-electron chi connectivity index (χ2n) is 4.89. The zero-order valence-corrected chi connectivity index (χ0v) is 10.7. The molecule has 0 saturated carbocycles. The Morgan fingerprint density at radius 2 is 2.33 bits per heavy atom. The SMILES string of the molecule is CCC(NC1CCc2ccccc21)c1ncc[nH]1. The van der Waals surface area contributed by atoms with Crippen molar-refractivity contribution in [2.75, 3.05) is 0 Å². The van der Waals surface area contributed by atoms with Gasteiger partial charge in [-0.15, -0.1) is 0 Å². The molecule has 0 fully saturated rings. The largest absolute Gasteiger partial charge is 0.347 e. The molecule has 0 spiro atoms. The summed E-state index contributed by atoms with van der Waals surface area (Å²) in [7, 11) is 0. The third kappa shape index (κ3) is 2.06. The van der Waals surface area contributed by atoms with E-state index in [0.29, 0.717) is 12.1 Å². The van der Waals surface area contributed by atoms with E-state index in [1.54, 1.807) is 0 Å². The third-order valence-corrected chi connectivity index (χ3v) is 3.79. The van der Waals surface area contributed by atoms with Crippen molar-refractivity contribution in [3.05, 3.63) is 53.6 Å². The Bertz CT molecular complexity index is 504. The minimum absolute atomic E-state index is 0.316. The molecular weight excluding hydrogens is 222 g/mol. The zero-order valence-electron chi connectivity index (χ0n) is 10.7. The van der Waals surface area contributed by atoms with Gasteiger partial charge in [0.1, 0.15) is 5.82 Å². The van der Waals surface area contributed by atoms with E-state index in [4.69, 9.17) is 0 Å². The van der Waals surface area contributed by atoms with Crippen LogP contribution in [0, 0.1) is 0 Å². The minimum Gasteiger partial charge on any atom is -0.347 e. The molecule has 0 radical (unpaired) electrons. The van der Waals surface area contributed by atoms with Crippen LogP contribution in [0.3, 0.4) is 0 Å². The standard InChI is InChI=1S/C15H19N3/c1-2-13(15-16-9-10-17-15)18-14-8-7-11-5-3-4-6-12(11)14/h3-6,9-10,13-14,18H,2,7-8H2,1H3,(H,16,17). The Morgan fingerprint density at radius 3 is 3.11 bits per heavy atom. The lowest BCUT2D eigenvalue weighted by Crippen LogP contribution is -2.25. The van der Waals surface area contributed by atoms with Crippen LogP contribution in [0.25, 0.3) is 0 Å². The van der Waals surface area contributed by atoms with Crippen molar-refractivity contribution in [2.45, 2.75) is 38.3 Å². The summed E-state index contributed by atoms with van der Waals surface area (Å²) in [6.45, 7) is 2.20. The molecule has 2 aromatic rings. The molecular formula is C15H19N3. The Morgan fingerprint density at radius 1 is 1.44 bits per heavy atom. The van der Waals surface area contributed by atoms with Gasteiger partial charge in [0.15, 0.2) is 0 Å². The van der Waals surface area contributed by atoms with Crippen molar-refractivity contribution in [1.29, 1.82) is 0 Å². The first-order chi connectivity index (χ1) is 8.88. The van der Waals surface area contributed by atoms with Gasteiger partial charge in [0.25, 0.3) is 0 Å². The lowest BCUT2D eigenvalue weighted by molar-refractivity contribution is 0.420. The number of aromatic amines is 1. The summed E-state index contributed by atoms with van der Waals surface area (Å²) in [5, 5.41) is 3.73. The number of hydrogen-bond acceptors (Lipinski definition) is 2. The number of hydrogen-bond donors (Lipinski definition) is 2. The normalized spacial score (nSPS) is 19.7. The number of imidazole rings is 1. The number of nitrogens with one attached hydrogen (secondary N) is 2. The van der Waals surface area contributed by atoms with Gasteiger partial charge in [0, 0.05) is 18.4 Å². The van der Waals surface area contributed by atoms with Crippen LogP contribution in [-0.4, -0.2) is 9.97 Å². The average Bonchev–Trinajstić information content (AvgIpc) is 3.06. The van der Waals surface area contributed by atoms with Crippen LogP contribution in [0.2, 0.25) is 0 Å². The lowest BCUT2D eigenvalue weighted by Gasteiger charge is -2.21. The van der Waals surface area contributed by atoms with Crippen LogP contribution in [0.4, 0.5) is 0 Å². The van der Waals surface area contributed by atoms with Gasteiger partial charge in [-0.25, -0.2) is 4.98 Å². The molecule has 94 valence electrons. The van der Waals surface area contributed by atoms with Crippen LogP contribution in [0.1, 0.15) is 48.8 Å². The van der Waals surface area contributed by atoms with Gasteiger partial charge in [0.05, 0.1) is 6.04 Å². The van der Waals surface area contributed by atoms with Gasteiger partial charge < -0.3 is 10.3 Å². The Balaban J connectivity index is 1.77. The summed E-state index contributed by atoms with van der Waals surface area (Å²) < 4.78 is 0. The van der Waals surface area contributed by atoms with E-state index in [2.05, 4.69) is 46.5 Å². The van der Waals surface area contributed by atoms with Crippen molar-refractivity contribution in [1.82, 2.24) is 15.3 Å². The van der Waals surface area contributed by atoms with E-state index in [0.717, 1.165) is 12.2 Å². The maximum absolute atomic E-state index is 4.37. The van der Waals surface area contributed by atoms with Gasteiger partial charge in [-0.05, 0) is 30.4 Å². The Labute approximate surface area is 108 Å². The molecule has 0 bridgehead atoms. The van der Waals surface area contributed by atoms with Gasteiger partial charge in [-0.2, -0.15) is 0 Å². The fourth-order valence-electron chi connectivity index (χ4n) is 2.83. The molecule has 1 aliphatic rings. The number of aryl methyl sites for hydroxylation is 1. The summed E-state index contributed by atoms with van der Waals surface area (Å²) in [5.41, 5.74) is 2.95. The van der Waals surface area contributed by atoms with Crippen LogP contribution in [0.15, 0.2) is 36.7 Å². The molecule has 3 rings (SSSR count). The molecule has 2 atom stereocenters. The summed E-state index contributed by atoms with van der Waals surface area (Å²) in [6, 6.07) is 9.53. The van der Waals surface area contributed by atoms with Gasteiger partial charge >= 0.3 is 0 Å². The Kier molecular flexibility index (Phi) is 3.15. The molecule has 18 heavy (non-hydrogen) atoms. The third-order valence-electron chi connectivity index (χ3n) is 3.79. The maximum Gasteiger partial charge on any atom is 0.123 e. The monoisotopic (exact) mass is 241 g/mol. The molecule has 1 heterocycles. The molecule has 1 aliphatic carbocycles. The zero-order chi connectivity index (χ0) is 12.4. The highest BCUT2D eigenvalue weighted by Gasteiger charge is 2.24. The van der Waals surface area contributed by atoms with Gasteiger partial charge in [0.2, 0.25) is 0 Å². The van der Waals surface area contributed by atoms with Crippen molar-refractivity contribution >= 4 is 0 Å². The number of benzene rings is 1. The summed E-state index contributed by atoms with van der Waals surface area (Å²) >= 11 is 0. The van der Waals surface area contributed by atoms with E-state index in [1.165, 1.54) is 24.0 Å². The number of aromatic nitrogens is 2. The number of rotatable bonds is 4. The van der Waals surface area contributed by atoms with Gasteiger partial charge in [-0.3, -0.25) is 0 Å². The average molecular weight is 241 g/mol. The lowest BCUT2D eigenvalue weighted by atomic mass is 10.1. The van der Waals surface area contributed by atoms with Crippen molar-refractivity contribution in [2.24, 2.45) is 0 Å². The maximum atomic E-state index is 4.37. The van der Waals surface area contributed by atoms with E-state index in [9.17, 15) is 0 Å². The summed E-state index contributed by atoms with van der Waals surface area (Å²) in [4.78, 5) is 7.58. The molecule has 3 heteroatoms. The van der Waals surface area contributed by atoms with Crippen molar-refractivity contribution in [3.8, 4) is 0 Å². The second-order valence-corrected chi connectivity index (χ2v) is 4.89. The predicted octanol–water partition coefficient (Wildman–Crippen LogP) is 3.14. The summed E-state index contributed by atoms with van der Waals surface area (Å²) in [5.74, 6) is 1.04. The van der Waals surface area contributed by atoms with E-state index in [-0.39, 0.29) is 0 Å². The van der Waals surface area contributed by atoms with E-state index < -0.39 is 0 Å². The topological polar surface area (TPSA) is 40.7 Å². The first-order valence-corrected chi connectivity index (χ1v) is 6.71. The smallest absolute Gasteiger partial charge is 0.123 e. The molecule has 0 amide bonds. The van der Waals surface area contributed by atoms with Gasteiger partial charge in [-0.1, -0.05) is 31.2 Å². The fourth-order valence-corrected chi connectivity index (χ4v) is 2.83. The minimum atomic E-state index is 0.316. The van der Waals surface area contributed by atoms with Crippen LogP contribution in [-0.2, 0) is 6.42 Å². The predicted molar refractivity (Wildman–Crippen MR) is 72.3 cm³/mol. The van der Waals surface area contributed by atoms with Crippen LogP contribution < -0.4 is 5.32 Å². The first kappa shape index (κ1) is 11.5. The molecule has 2 N–H and O–H groups in total. The molecule has 1 aromatic heterocycles. The highest BCUT2D eigenvalue weighted by Crippen LogP contribution is 2.32. The molecule has 1 aromatic carbocycles. The second kappa shape index (κ2) is 4.94. The first-order valence-electron chi connectivity index (χ1n) is 6.71. The van der Waals surface area contributed by atoms with Crippen molar-refractivity contribution in [3.63, 3.8) is 0 Å². The highest BCUT2D eigenvalue weighted by molar-refractivity contribution is 5.34. The van der Waals surface area contributed by atoms with Crippen LogP contribution >= 0.6 is 0 Å². The fraction of sp³-hybridized carbons (Fsp3) is 0.400. The van der Waals surface area contributed by atoms with E-state index in [1.807, 2.05) is 12.4 Å². The van der Waals surface area contributed by atoms with Crippen LogP contribution in [0.5, 0.6) is 0 Å². The molecule has 3 nitrogen and oxygen atoms in total.